The van der Waals surface area contributed by atoms with Crippen LogP contribution in [0.2, 0.25) is 0 Å². The van der Waals surface area contributed by atoms with Crippen LogP contribution in [0.1, 0.15) is 33.6 Å². The maximum Gasteiger partial charge on any atom is 0.238 e. The van der Waals surface area contributed by atoms with E-state index in [1.165, 1.54) is 0 Å². The Hall–Kier alpha value is -0.220. The number of likely N-dealkylation sites (N-methyl/N-ethyl adjacent to an activating group) is 1. The molecule has 1 N–H and O–H groups in total. The highest BCUT2D eigenvalue weighted by molar-refractivity contribution is 8.00. The Morgan fingerprint density at radius 1 is 1.38 bits per heavy atom. The zero-order chi connectivity index (χ0) is 12.8. The molecule has 0 aromatic rings. The van der Waals surface area contributed by atoms with E-state index in [1.807, 2.05) is 18.7 Å². The molecule has 0 heterocycles. The maximum atomic E-state index is 11.7. The largest absolute Gasteiger partial charge is 0.347 e. The van der Waals surface area contributed by atoms with Crippen LogP contribution in [0.15, 0.2) is 0 Å². The number of carbonyl (C=O) groups is 1. The molecule has 1 unspecified atom stereocenters. The van der Waals surface area contributed by atoms with Gasteiger partial charge in [0, 0.05) is 25.4 Å². The van der Waals surface area contributed by atoms with Crippen molar-refractivity contribution >= 4 is 17.7 Å². The smallest absolute Gasteiger partial charge is 0.238 e. The highest BCUT2D eigenvalue weighted by Gasteiger charge is 2.26. The summed E-state index contributed by atoms with van der Waals surface area (Å²) >= 11 is 1.89. The molecule has 1 amide bonds. The van der Waals surface area contributed by atoms with Crippen LogP contribution in [0, 0.1) is 0 Å². The summed E-state index contributed by atoms with van der Waals surface area (Å²) in [7, 11) is 3.59. The summed E-state index contributed by atoms with van der Waals surface area (Å²) in [6, 6.07) is -0.0976. The van der Waals surface area contributed by atoms with E-state index in [1.54, 1.807) is 19.0 Å². The molecule has 0 spiro atoms. The van der Waals surface area contributed by atoms with Crippen molar-refractivity contribution in [3.05, 3.63) is 0 Å². The number of nitrogens with one attached hydrogen (secondary N) is 1. The van der Waals surface area contributed by atoms with Crippen LogP contribution in [0.5, 0.6) is 0 Å². The number of hydrogen-bond acceptors (Lipinski definition) is 3. The lowest BCUT2D eigenvalue weighted by Gasteiger charge is -2.31. The molecule has 0 saturated carbocycles. The minimum absolute atomic E-state index is 0.0976. The molecular formula is C12H26N2OS. The SMILES string of the molecule is CCC(CC)(CNC(C)C(=O)N(C)C)SC. The molecule has 0 aromatic heterocycles. The molecule has 0 rings (SSSR count). The Kier molecular flexibility index (Phi) is 7.07. The molecule has 0 aromatic carbocycles. The normalized spacial score (nSPS) is 13.6. The van der Waals surface area contributed by atoms with Gasteiger partial charge in [-0.3, -0.25) is 4.79 Å². The number of nitrogens with zero attached hydrogens (tertiary/aromatic N) is 1. The van der Waals surface area contributed by atoms with E-state index < -0.39 is 0 Å². The van der Waals surface area contributed by atoms with Crippen LogP contribution in [-0.2, 0) is 4.79 Å². The molecule has 1 atom stereocenters. The fourth-order valence-corrected chi connectivity index (χ4v) is 2.48. The number of hydrogen-bond donors (Lipinski definition) is 1. The van der Waals surface area contributed by atoms with E-state index in [2.05, 4.69) is 25.4 Å². The van der Waals surface area contributed by atoms with Gasteiger partial charge >= 0.3 is 0 Å². The maximum absolute atomic E-state index is 11.7. The number of thioether (sulfide) groups is 1. The van der Waals surface area contributed by atoms with E-state index in [0.29, 0.717) is 0 Å². The molecule has 16 heavy (non-hydrogen) atoms. The molecule has 3 nitrogen and oxygen atoms in total. The van der Waals surface area contributed by atoms with Crippen LogP contribution in [-0.4, -0.2) is 48.5 Å². The molecule has 0 fully saturated rings. The van der Waals surface area contributed by atoms with Crippen molar-refractivity contribution in [1.82, 2.24) is 10.2 Å². The molecular weight excluding hydrogens is 220 g/mol. The second-order valence-electron chi connectivity index (χ2n) is 4.43. The van der Waals surface area contributed by atoms with Crippen molar-refractivity contribution in [2.75, 3.05) is 26.9 Å². The lowest BCUT2D eigenvalue weighted by atomic mass is 10.0. The first kappa shape index (κ1) is 15.8. The van der Waals surface area contributed by atoms with Gasteiger partial charge < -0.3 is 10.2 Å². The summed E-state index contributed by atoms with van der Waals surface area (Å²) in [5, 5.41) is 3.35. The van der Waals surface area contributed by atoms with Gasteiger partial charge in [0.05, 0.1) is 6.04 Å². The first-order valence-corrected chi connectivity index (χ1v) is 7.14. The predicted octanol–water partition coefficient (Wildman–Crippen LogP) is 1.97. The van der Waals surface area contributed by atoms with Crippen LogP contribution in [0.3, 0.4) is 0 Å². The van der Waals surface area contributed by atoms with Crippen LogP contribution in [0.25, 0.3) is 0 Å². The van der Waals surface area contributed by atoms with Crippen LogP contribution >= 0.6 is 11.8 Å². The van der Waals surface area contributed by atoms with E-state index in [4.69, 9.17) is 0 Å². The summed E-state index contributed by atoms with van der Waals surface area (Å²) in [5.41, 5.74) is 0. The third-order valence-electron chi connectivity index (χ3n) is 3.26. The van der Waals surface area contributed by atoms with E-state index in [0.717, 1.165) is 19.4 Å². The van der Waals surface area contributed by atoms with E-state index in [-0.39, 0.29) is 16.7 Å². The fourth-order valence-electron chi connectivity index (χ4n) is 1.67. The topological polar surface area (TPSA) is 32.3 Å². The minimum atomic E-state index is -0.0976. The van der Waals surface area contributed by atoms with E-state index >= 15 is 0 Å². The lowest BCUT2D eigenvalue weighted by molar-refractivity contribution is -0.130. The van der Waals surface area contributed by atoms with Gasteiger partial charge in [-0.05, 0) is 26.0 Å². The van der Waals surface area contributed by atoms with Crippen molar-refractivity contribution in [1.29, 1.82) is 0 Å². The van der Waals surface area contributed by atoms with Gasteiger partial charge in [0.25, 0.3) is 0 Å². The van der Waals surface area contributed by atoms with Gasteiger partial charge in [-0.15, -0.1) is 0 Å². The monoisotopic (exact) mass is 246 g/mol. The first-order valence-electron chi connectivity index (χ1n) is 5.92. The lowest BCUT2D eigenvalue weighted by Crippen LogP contribution is -2.47. The Morgan fingerprint density at radius 3 is 2.19 bits per heavy atom. The minimum Gasteiger partial charge on any atom is -0.347 e. The zero-order valence-electron chi connectivity index (χ0n) is 11.5. The third-order valence-corrected chi connectivity index (χ3v) is 4.85. The molecule has 0 radical (unpaired) electrons. The summed E-state index contributed by atoms with van der Waals surface area (Å²) in [4.78, 5) is 13.3. The second kappa shape index (κ2) is 7.17. The zero-order valence-corrected chi connectivity index (χ0v) is 12.3. The van der Waals surface area contributed by atoms with Crippen LogP contribution < -0.4 is 5.32 Å². The van der Waals surface area contributed by atoms with Crippen molar-refractivity contribution in [3.8, 4) is 0 Å². The van der Waals surface area contributed by atoms with Gasteiger partial charge in [0.2, 0.25) is 5.91 Å². The molecule has 0 saturated heterocycles. The summed E-state index contributed by atoms with van der Waals surface area (Å²) < 4.78 is 0.265. The van der Waals surface area contributed by atoms with Gasteiger partial charge in [0.15, 0.2) is 0 Å². The van der Waals surface area contributed by atoms with Gasteiger partial charge in [0.1, 0.15) is 0 Å². The molecule has 4 heteroatoms. The highest BCUT2D eigenvalue weighted by atomic mass is 32.2. The van der Waals surface area contributed by atoms with Crippen molar-refractivity contribution in [3.63, 3.8) is 0 Å². The molecule has 0 bridgehead atoms. The standard InChI is InChI=1S/C12H26N2OS/c1-7-12(8-2,16-6)9-13-10(3)11(15)14(4)5/h10,13H,7-9H2,1-6H3. The van der Waals surface area contributed by atoms with E-state index in [9.17, 15) is 4.79 Å². The molecule has 0 aliphatic carbocycles. The first-order chi connectivity index (χ1) is 7.42. The summed E-state index contributed by atoms with van der Waals surface area (Å²) in [5.74, 6) is 0.141. The Balaban J connectivity index is 4.26. The van der Waals surface area contributed by atoms with Crippen molar-refractivity contribution in [2.24, 2.45) is 0 Å². The van der Waals surface area contributed by atoms with Gasteiger partial charge in [-0.2, -0.15) is 11.8 Å². The Bertz CT molecular complexity index is 207. The summed E-state index contributed by atoms with van der Waals surface area (Å²) in [6.45, 7) is 7.24. The number of amides is 1. The quantitative estimate of drug-likeness (QED) is 0.745. The number of rotatable bonds is 7. The molecule has 0 aliphatic heterocycles. The third kappa shape index (κ3) is 4.34. The second-order valence-corrected chi connectivity index (χ2v) is 5.70. The molecule has 96 valence electrons. The predicted molar refractivity (Wildman–Crippen MR) is 73.0 cm³/mol. The van der Waals surface area contributed by atoms with Crippen LogP contribution in [0.4, 0.5) is 0 Å². The Labute approximate surface area is 104 Å². The summed E-state index contributed by atoms with van der Waals surface area (Å²) in [6.07, 6.45) is 4.40. The van der Waals surface area contributed by atoms with Gasteiger partial charge in [-0.1, -0.05) is 13.8 Å². The fraction of sp³-hybridized carbons (Fsp3) is 0.917. The molecule has 0 aliphatic rings. The van der Waals surface area contributed by atoms with Crippen molar-refractivity contribution in [2.45, 2.75) is 44.4 Å². The number of carbonyl (C=O) groups excluding carboxylic acids is 1. The Morgan fingerprint density at radius 2 is 1.88 bits per heavy atom. The average molecular weight is 246 g/mol. The van der Waals surface area contributed by atoms with Gasteiger partial charge in [-0.25, -0.2) is 0 Å². The average Bonchev–Trinajstić information content (AvgIpc) is 2.30. The van der Waals surface area contributed by atoms with Crippen molar-refractivity contribution < 1.29 is 4.79 Å². The highest BCUT2D eigenvalue weighted by Crippen LogP contribution is 2.29.